The summed E-state index contributed by atoms with van der Waals surface area (Å²) in [6.07, 6.45) is 6.92. The molecule has 0 spiro atoms. The Labute approximate surface area is 455 Å². The van der Waals surface area contributed by atoms with Crippen molar-refractivity contribution < 1.29 is 115 Å². The zero-order valence-corrected chi connectivity index (χ0v) is 44.0. The molecule has 0 bridgehead atoms. The Bertz CT molecular complexity index is 3820. The van der Waals surface area contributed by atoms with E-state index in [0.717, 1.165) is 43.6 Å². The molecule has 0 aliphatic carbocycles. The van der Waals surface area contributed by atoms with Gasteiger partial charge in [0.1, 0.15) is 5.75 Å². The minimum Gasteiger partial charge on any atom is -0.748 e. The number of carbonyl (C=O) groups excluding carboxylic acids is 3. The number of rotatable bonds is 16. The topological polar surface area (TPSA) is 227 Å². The number of amides is 2. The maximum absolute atomic E-state index is 12.5. The third kappa shape index (κ3) is 10.4. The van der Waals surface area contributed by atoms with E-state index in [0.29, 0.717) is 50.5 Å². The van der Waals surface area contributed by atoms with Crippen molar-refractivity contribution in [3.8, 4) is 11.5 Å². The average Bonchev–Trinajstić information content (AvgIpc) is 4.11. The van der Waals surface area contributed by atoms with Crippen LogP contribution in [0.5, 0.6) is 11.5 Å². The quantitative estimate of drug-likeness (QED) is 0.0442. The Morgan fingerprint density at radius 2 is 1.38 bits per heavy atom. The number of fused-ring (bicyclic) bond motifs is 8. The molecule has 72 heavy (non-hydrogen) atoms. The smallest absolute Gasteiger partial charge is 0.748 e. The first-order valence-electron chi connectivity index (χ1n) is 22.6. The summed E-state index contributed by atoms with van der Waals surface area (Å²) in [4.78, 5) is 43.2. The standard InChI is InChI=1S/C51H45N5O13S2.K/c1-52-39-11-5-3-9-35(39)37-27-43-45(29-41(37)52)67-49(54(43)23-7-25-70(60,61)62)21-15-33(32-13-17-34(18-14-32)66-31-51(59)69-56-47(57)19-20-48(56)58)16-22-50-55(24-8-26-71(63,64)65)44-28-38-36-10-4-6-12-40(36)53(2)42(38)30-46(44)68-50;/h3-6,9-18,21-22,27-30H,7-8,19-20,23-26,31H2,1-2H3,(H-,60,61,62,63,64,65);/q;+1/p-1. The van der Waals surface area contributed by atoms with Gasteiger partial charge in [-0.3, -0.25) is 9.59 Å². The average molecular weight is 1040 g/mol. The molecule has 21 heteroatoms. The Morgan fingerprint density at radius 3 is 2.03 bits per heavy atom. The first kappa shape index (κ1) is 50.8. The molecule has 5 aromatic carbocycles. The summed E-state index contributed by atoms with van der Waals surface area (Å²) in [6.45, 7) is -0.334. The molecule has 18 nitrogen and oxygen atoms in total. The second-order valence-corrected chi connectivity index (χ2v) is 20.3. The minimum atomic E-state index is -4.52. The van der Waals surface area contributed by atoms with Crippen molar-refractivity contribution in [2.45, 2.75) is 32.2 Å². The number of ether oxygens (including phenoxy) is 2. The van der Waals surface area contributed by atoms with Crippen LogP contribution in [0.15, 0.2) is 126 Å². The van der Waals surface area contributed by atoms with Crippen LogP contribution in [0, 0.1) is 0 Å². The molecule has 10 rings (SSSR count). The number of oxazole rings is 1. The molecule has 364 valence electrons. The van der Waals surface area contributed by atoms with Crippen LogP contribution in [-0.2, 0) is 60.1 Å². The first-order chi connectivity index (χ1) is 34.0. The van der Waals surface area contributed by atoms with Crippen molar-refractivity contribution in [2.75, 3.05) is 29.6 Å². The summed E-state index contributed by atoms with van der Waals surface area (Å²) >= 11 is 0. The number of aryl methyl sites for hydroxylation is 3. The molecule has 2 amide bonds. The van der Waals surface area contributed by atoms with E-state index in [9.17, 15) is 40.3 Å². The van der Waals surface area contributed by atoms with Crippen LogP contribution in [0.25, 0.3) is 66.4 Å². The predicted molar refractivity (Wildman–Crippen MR) is 261 cm³/mol. The van der Waals surface area contributed by atoms with Gasteiger partial charge < -0.3 is 41.9 Å². The monoisotopic (exact) mass is 1040 g/mol. The van der Waals surface area contributed by atoms with Gasteiger partial charge in [-0.1, -0.05) is 48.5 Å². The number of aromatic nitrogens is 3. The molecular weight excluding hydrogens is 994 g/mol. The maximum atomic E-state index is 12.5. The van der Waals surface area contributed by atoms with Crippen LogP contribution < -0.4 is 70.3 Å². The molecule has 8 aromatic rings. The second kappa shape index (κ2) is 20.4. The maximum Gasteiger partial charge on any atom is 1.00 e. The Hall–Kier alpha value is -6.14. The van der Waals surface area contributed by atoms with Gasteiger partial charge in [-0.05, 0) is 66.1 Å². The summed E-state index contributed by atoms with van der Waals surface area (Å²) in [5, 5.41) is 4.38. The molecule has 0 atom stereocenters. The predicted octanol–water partition coefficient (Wildman–Crippen LogP) is 3.71. The molecule has 1 fully saturated rings. The molecule has 3 aromatic heterocycles. The van der Waals surface area contributed by atoms with E-state index in [4.69, 9.17) is 18.7 Å². The summed E-state index contributed by atoms with van der Waals surface area (Å²) < 4.78 is 95.2. The molecule has 2 aliphatic rings. The molecule has 1 saturated heterocycles. The van der Waals surface area contributed by atoms with Gasteiger partial charge in [0.25, 0.3) is 17.3 Å². The van der Waals surface area contributed by atoms with E-state index in [2.05, 4.69) is 9.13 Å². The Morgan fingerprint density at radius 1 is 0.764 bits per heavy atom. The van der Waals surface area contributed by atoms with Crippen LogP contribution in [-0.4, -0.2) is 82.6 Å². The summed E-state index contributed by atoms with van der Waals surface area (Å²) in [5.74, 6) is -1.88. The Kier molecular flexibility index (Phi) is 14.4. The Balaban J connectivity index is 0.00000640. The van der Waals surface area contributed by atoms with E-state index >= 15 is 0 Å². The van der Waals surface area contributed by atoms with Gasteiger partial charge in [0, 0.05) is 102 Å². The minimum absolute atomic E-state index is 0. The van der Waals surface area contributed by atoms with Crippen molar-refractivity contribution >= 4 is 110 Å². The van der Waals surface area contributed by atoms with Crippen LogP contribution in [0.2, 0.25) is 0 Å². The van der Waals surface area contributed by atoms with Crippen LogP contribution in [0.3, 0.4) is 0 Å². The van der Waals surface area contributed by atoms with E-state index in [1.807, 2.05) is 96.4 Å². The van der Waals surface area contributed by atoms with Crippen LogP contribution in [0.4, 0.5) is 5.69 Å². The number of carbonyl (C=O) groups is 3. The summed E-state index contributed by atoms with van der Waals surface area (Å²) in [5.41, 5.74) is 6.94. The fraction of sp³-hybridized carbons (Fsp3) is 0.216. The zero-order chi connectivity index (χ0) is 49.8. The van der Waals surface area contributed by atoms with Crippen molar-refractivity contribution in [1.82, 2.24) is 14.2 Å². The molecule has 5 heterocycles. The summed E-state index contributed by atoms with van der Waals surface area (Å²) in [6, 6.07) is 30.4. The third-order valence-electron chi connectivity index (χ3n) is 12.6. The normalized spacial score (nSPS) is 15.0. The van der Waals surface area contributed by atoms with Crippen LogP contribution in [0.1, 0.15) is 37.1 Å². The van der Waals surface area contributed by atoms with E-state index < -0.39 is 56.1 Å². The van der Waals surface area contributed by atoms with Gasteiger partial charge in [0.2, 0.25) is 11.5 Å². The molecule has 0 saturated carbocycles. The fourth-order valence-electron chi connectivity index (χ4n) is 9.26. The van der Waals surface area contributed by atoms with E-state index in [1.165, 1.54) is 0 Å². The number of benzene rings is 5. The van der Waals surface area contributed by atoms with E-state index in [1.54, 1.807) is 48.6 Å². The number of hydrogen-bond acceptors (Lipinski definition) is 14. The van der Waals surface area contributed by atoms with Crippen molar-refractivity contribution in [3.63, 3.8) is 0 Å². The van der Waals surface area contributed by atoms with Gasteiger partial charge in [-0.2, -0.15) is 4.57 Å². The van der Waals surface area contributed by atoms with Crippen LogP contribution >= 0.6 is 0 Å². The SMILES string of the molecule is Cn1c2ccccc2c2cc3c(cc21)O\C(=C/C=C(/C=C/c1oc2cc4c(cc2[n+]1CCCS(=O)(=O)[O-])c1ccccc1n4C)c1ccc(OCC(=O)ON2C(=O)CCC2=O)cc1)N3CCCS(=O)(=O)[O-].[K+]. The fourth-order valence-corrected chi connectivity index (χ4v) is 10.2. The molecule has 0 radical (unpaired) electrons. The number of nitrogens with zero attached hydrogens (tertiary/aromatic N) is 5. The number of anilines is 1. The zero-order valence-electron chi connectivity index (χ0n) is 39.3. The van der Waals surface area contributed by atoms with Gasteiger partial charge in [-0.25, -0.2) is 21.6 Å². The largest absolute Gasteiger partial charge is 1.00 e. The number of hydroxylamine groups is 2. The molecule has 0 N–H and O–H groups in total. The van der Waals surface area contributed by atoms with Gasteiger partial charge in [0.15, 0.2) is 18.9 Å². The van der Waals surface area contributed by atoms with Gasteiger partial charge >= 0.3 is 63.2 Å². The third-order valence-corrected chi connectivity index (χ3v) is 14.2. The number of para-hydroxylation sites is 2. The first-order valence-corrected chi connectivity index (χ1v) is 25.7. The number of imide groups is 1. The van der Waals surface area contributed by atoms with Gasteiger partial charge in [0.05, 0.1) is 43.0 Å². The summed E-state index contributed by atoms with van der Waals surface area (Å²) in [7, 11) is -5.12. The second-order valence-electron chi connectivity index (χ2n) is 17.2. The van der Waals surface area contributed by atoms with Crippen molar-refractivity contribution in [2.24, 2.45) is 14.1 Å². The number of hydrogen-bond donors (Lipinski definition) is 0. The van der Waals surface area contributed by atoms with Gasteiger partial charge in [-0.15, -0.1) is 5.06 Å². The molecule has 2 aliphatic heterocycles. The van der Waals surface area contributed by atoms with E-state index in [-0.39, 0.29) is 95.9 Å². The van der Waals surface area contributed by atoms with Crippen molar-refractivity contribution in [3.05, 3.63) is 133 Å². The molecular formula is C51H44KN5O13S2. The number of allylic oxidation sites excluding steroid dienone is 4. The molecule has 0 unspecified atom stereocenters. The van der Waals surface area contributed by atoms with Crippen molar-refractivity contribution in [1.29, 1.82) is 0 Å².